The number of esters is 1. The molecule has 0 aliphatic carbocycles. The van der Waals surface area contributed by atoms with E-state index < -0.39 is 78.0 Å². The standard InChI is InChI=1S/C52H69FN8O12/c1-8-10-11-13-16-28(3)33-20-44(64)60(49(33)68)18-15-12-14-17-42(62)56-31(6)47(66)58-32(7)48(67)57-30(5)46(65)55-27-72-26-43(63)54-23-35-34-19-29(4)39(53)22-40(34)59-45-36(35)24-61-41(45)21-38-37(50(61)69)25-73-51(70)52(38,71)9-2/h19,21-22,28,30-33,71H,8-18,20,23-27H2,1-7H3,(H,54,63)(H,55,65)(H,56,62)(H,57,67)(H,58,66)/t28?,30-,31-,32-,33?,52-/m0/s1. The van der Waals surface area contributed by atoms with Crippen molar-refractivity contribution >= 4 is 58.2 Å². The summed E-state index contributed by atoms with van der Waals surface area (Å²) in [5.74, 6) is -4.65. The number of carbonyl (C=O) groups is 8. The maximum atomic E-state index is 14.9. The molecule has 2 unspecified atom stereocenters. The van der Waals surface area contributed by atoms with E-state index in [4.69, 9.17) is 14.5 Å². The molecule has 0 bridgehead atoms. The SMILES string of the molecule is CCCCCCC(C)C1CC(=O)N(CCCCCC(=O)N[C@@H](C)C(=O)N[C@@H](C)C(=O)N[C@@H](C)C(=O)NCOCC(=O)NCc2c3c(nc4cc(F)c(C)cc24)-c2cc4c(c(=O)n2C3)COC(=O)[C@]4(O)CC)C1=O. The zero-order chi connectivity index (χ0) is 53.3. The Morgan fingerprint density at radius 1 is 0.863 bits per heavy atom. The highest BCUT2D eigenvalue weighted by Crippen LogP contribution is 2.40. The summed E-state index contributed by atoms with van der Waals surface area (Å²) < 4.78 is 26.9. The number of aliphatic hydroxyl groups is 1. The minimum atomic E-state index is -2.04. The lowest BCUT2D eigenvalue weighted by Crippen LogP contribution is -2.54. The van der Waals surface area contributed by atoms with E-state index in [9.17, 15) is 52.6 Å². The van der Waals surface area contributed by atoms with Gasteiger partial charge < -0.3 is 45.7 Å². The zero-order valence-electron chi connectivity index (χ0n) is 42.8. The predicted molar refractivity (Wildman–Crippen MR) is 264 cm³/mol. The van der Waals surface area contributed by atoms with Crippen molar-refractivity contribution in [3.05, 3.63) is 62.2 Å². The van der Waals surface area contributed by atoms with E-state index >= 15 is 0 Å². The second-order valence-corrected chi connectivity index (χ2v) is 19.5. The number of aryl methyl sites for hydroxylation is 1. The largest absolute Gasteiger partial charge is 0.458 e. The van der Waals surface area contributed by atoms with Crippen molar-refractivity contribution in [2.45, 2.75) is 163 Å². The highest BCUT2D eigenvalue weighted by Gasteiger charge is 2.46. The summed E-state index contributed by atoms with van der Waals surface area (Å²) in [6, 6.07) is 1.27. The van der Waals surface area contributed by atoms with Crippen LogP contribution in [0.3, 0.4) is 0 Å². The third-order valence-corrected chi connectivity index (χ3v) is 14.2. The summed E-state index contributed by atoms with van der Waals surface area (Å²) in [5, 5.41) is 24.7. The number of unbranched alkanes of at least 4 members (excludes halogenated alkanes) is 5. The fraction of sp³-hybridized carbons (Fsp3) is 0.577. The second-order valence-electron chi connectivity index (χ2n) is 19.5. The summed E-state index contributed by atoms with van der Waals surface area (Å²) in [4.78, 5) is 122. The number of halogens is 1. The number of likely N-dealkylation sites (tertiary alicyclic amines) is 1. The molecule has 1 saturated heterocycles. The summed E-state index contributed by atoms with van der Waals surface area (Å²) in [7, 11) is 0. The average molecular weight is 1020 g/mol. The molecule has 1 fully saturated rings. The van der Waals surface area contributed by atoms with Gasteiger partial charge in [-0.3, -0.25) is 43.3 Å². The summed E-state index contributed by atoms with van der Waals surface area (Å²) >= 11 is 0. The van der Waals surface area contributed by atoms with Crippen LogP contribution in [0, 0.1) is 24.6 Å². The molecule has 73 heavy (non-hydrogen) atoms. The molecule has 5 heterocycles. The van der Waals surface area contributed by atoms with Gasteiger partial charge in [0.1, 0.15) is 43.9 Å². The number of rotatable bonds is 25. The normalized spacial score (nSPS) is 18.5. The summed E-state index contributed by atoms with van der Waals surface area (Å²) in [6.07, 6.45) is 7.37. The van der Waals surface area contributed by atoms with Gasteiger partial charge in [-0.15, -0.1) is 0 Å². The first-order chi connectivity index (χ1) is 34.7. The van der Waals surface area contributed by atoms with Gasteiger partial charge in [0.2, 0.25) is 41.4 Å². The Kier molecular flexibility index (Phi) is 18.6. The molecule has 6 atom stereocenters. The number of imide groups is 1. The molecule has 0 radical (unpaired) electrons. The average Bonchev–Trinajstić information content (AvgIpc) is 3.86. The lowest BCUT2D eigenvalue weighted by molar-refractivity contribution is -0.172. The Labute approximate surface area is 423 Å². The third kappa shape index (κ3) is 12.8. The molecule has 0 saturated carbocycles. The molecule has 0 spiro atoms. The van der Waals surface area contributed by atoms with Crippen LogP contribution in [0.1, 0.15) is 140 Å². The number of pyridine rings is 2. The molecule has 6 rings (SSSR count). The summed E-state index contributed by atoms with van der Waals surface area (Å²) in [6.45, 7) is 10.7. The topological polar surface area (TPSA) is 274 Å². The number of benzene rings is 1. The number of carbonyl (C=O) groups excluding carboxylic acids is 8. The molecule has 7 amide bonds. The number of hydrogen-bond acceptors (Lipinski definition) is 13. The van der Waals surface area contributed by atoms with Crippen LogP contribution < -0.4 is 32.1 Å². The Balaban J connectivity index is 0.901. The first kappa shape index (κ1) is 55.7. The zero-order valence-corrected chi connectivity index (χ0v) is 42.8. The van der Waals surface area contributed by atoms with Gasteiger partial charge in [0.05, 0.1) is 29.0 Å². The minimum absolute atomic E-state index is 0.0394. The molecule has 20 nitrogen and oxygen atoms in total. The van der Waals surface area contributed by atoms with Crippen LogP contribution in [0.15, 0.2) is 23.0 Å². The first-order valence-electron chi connectivity index (χ1n) is 25.4. The first-order valence-corrected chi connectivity index (χ1v) is 25.4. The van der Waals surface area contributed by atoms with Gasteiger partial charge in [-0.05, 0) is 82.6 Å². The van der Waals surface area contributed by atoms with Crippen molar-refractivity contribution in [2.75, 3.05) is 19.9 Å². The molecule has 2 aromatic heterocycles. The molecule has 1 aromatic carbocycles. The van der Waals surface area contributed by atoms with Gasteiger partial charge in [0.15, 0.2) is 5.60 Å². The van der Waals surface area contributed by atoms with Crippen molar-refractivity contribution in [3.63, 3.8) is 0 Å². The van der Waals surface area contributed by atoms with Gasteiger partial charge >= 0.3 is 5.97 Å². The number of cyclic esters (lactones) is 1. The van der Waals surface area contributed by atoms with E-state index in [1.165, 1.54) is 36.3 Å². The summed E-state index contributed by atoms with van der Waals surface area (Å²) in [5.41, 5.74) is 0.0846. The molecule has 396 valence electrons. The van der Waals surface area contributed by atoms with Gasteiger partial charge in [-0.1, -0.05) is 52.9 Å². The van der Waals surface area contributed by atoms with E-state index in [1.54, 1.807) is 26.0 Å². The van der Waals surface area contributed by atoms with Crippen molar-refractivity contribution in [2.24, 2.45) is 11.8 Å². The van der Waals surface area contributed by atoms with Crippen molar-refractivity contribution in [3.8, 4) is 11.4 Å². The van der Waals surface area contributed by atoms with E-state index in [1.807, 2.05) is 6.92 Å². The Hall–Kier alpha value is -6.61. The van der Waals surface area contributed by atoms with Crippen LogP contribution in [-0.4, -0.2) is 105 Å². The molecular formula is C52H69FN8O12. The molecule has 6 N–H and O–H groups in total. The molecule has 3 aliphatic heterocycles. The fourth-order valence-electron chi connectivity index (χ4n) is 9.55. The van der Waals surface area contributed by atoms with Crippen molar-refractivity contribution in [1.82, 2.24) is 41.0 Å². The number of amides is 7. The monoisotopic (exact) mass is 1020 g/mol. The second kappa shape index (κ2) is 24.4. The fourth-order valence-corrected chi connectivity index (χ4v) is 9.55. The van der Waals surface area contributed by atoms with Crippen molar-refractivity contribution < 1.29 is 57.3 Å². The van der Waals surface area contributed by atoms with E-state index in [2.05, 4.69) is 33.5 Å². The number of fused-ring (bicyclic) bond motifs is 5. The Morgan fingerprint density at radius 3 is 2.25 bits per heavy atom. The molecule has 3 aliphatic rings. The van der Waals surface area contributed by atoms with E-state index in [-0.39, 0.29) is 85.2 Å². The maximum Gasteiger partial charge on any atom is 0.343 e. The van der Waals surface area contributed by atoms with Crippen LogP contribution in [0.4, 0.5) is 4.39 Å². The van der Waals surface area contributed by atoms with Crippen LogP contribution in [-0.2, 0) is 73.1 Å². The molecule has 21 heteroatoms. The quantitative estimate of drug-likeness (QED) is 0.0241. The molecule has 3 aromatic rings. The lowest BCUT2D eigenvalue weighted by atomic mass is 9.86. The van der Waals surface area contributed by atoms with Gasteiger partial charge in [-0.25, -0.2) is 14.2 Å². The lowest BCUT2D eigenvalue weighted by Gasteiger charge is -2.31. The van der Waals surface area contributed by atoms with Crippen molar-refractivity contribution in [1.29, 1.82) is 0 Å². The highest BCUT2D eigenvalue weighted by molar-refractivity contribution is 6.03. The van der Waals surface area contributed by atoms with E-state index in [0.717, 1.165) is 32.1 Å². The van der Waals surface area contributed by atoms with Crippen LogP contribution in [0.5, 0.6) is 0 Å². The number of nitrogens with zero attached hydrogens (tertiary/aromatic N) is 3. The van der Waals surface area contributed by atoms with E-state index in [0.29, 0.717) is 59.3 Å². The Morgan fingerprint density at radius 2 is 1.55 bits per heavy atom. The molecular weight excluding hydrogens is 948 g/mol. The van der Waals surface area contributed by atoms with Crippen LogP contribution >= 0.6 is 0 Å². The van der Waals surface area contributed by atoms with Crippen LogP contribution in [0.2, 0.25) is 0 Å². The number of aromatic nitrogens is 2. The number of hydrogen-bond donors (Lipinski definition) is 6. The van der Waals surface area contributed by atoms with Crippen LogP contribution in [0.25, 0.3) is 22.3 Å². The highest BCUT2D eigenvalue weighted by atomic mass is 19.1. The smallest absolute Gasteiger partial charge is 0.343 e. The Bertz CT molecular complexity index is 2710. The maximum absolute atomic E-state index is 14.9. The minimum Gasteiger partial charge on any atom is -0.458 e. The van der Waals surface area contributed by atoms with Gasteiger partial charge in [0.25, 0.3) is 5.56 Å². The number of nitrogens with one attached hydrogen (secondary N) is 5. The predicted octanol–water partition coefficient (Wildman–Crippen LogP) is 3.29. The van der Waals surface area contributed by atoms with Gasteiger partial charge in [-0.2, -0.15) is 0 Å². The van der Waals surface area contributed by atoms with Gasteiger partial charge in [0, 0.05) is 54.4 Å². The third-order valence-electron chi connectivity index (χ3n) is 14.2. The number of ether oxygens (including phenoxy) is 2.